The van der Waals surface area contributed by atoms with Crippen molar-refractivity contribution in [3.63, 3.8) is 0 Å². The van der Waals surface area contributed by atoms with Gasteiger partial charge in [0.1, 0.15) is 0 Å². The molecule has 1 heterocycles. The van der Waals surface area contributed by atoms with Crippen LogP contribution in [0.3, 0.4) is 0 Å². The second kappa shape index (κ2) is 5.50. The summed E-state index contributed by atoms with van der Waals surface area (Å²) >= 11 is 0. The molecule has 0 N–H and O–H groups in total. The molecule has 0 aromatic carbocycles. The first-order chi connectivity index (χ1) is 8.78. The molecule has 2 nitrogen and oxygen atoms in total. The van der Waals surface area contributed by atoms with E-state index >= 15 is 0 Å². The molecule has 2 heteroatoms. The van der Waals surface area contributed by atoms with Crippen LogP contribution in [0.4, 0.5) is 0 Å². The molecule has 3 aliphatic rings. The van der Waals surface area contributed by atoms with E-state index in [0.717, 1.165) is 37.2 Å². The Kier molecular flexibility index (Phi) is 3.95. The van der Waals surface area contributed by atoms with Crippen LogP contribution < -0.4 is 0 Å². The zero-order chi connectivity index (χ0) is 12.5. The Morgan fingerprint density at radius 1 is 1.00 bits per heavy atom. The number of rotatable bonds is 3. The molecular formula is C16H28O2. The summed E-state index contributed by atoms with van der Waals surface area (Å²) in [7, 11) is 0. The van der Waals surface area contributed by atoms with Gasteiger partial charge in [0.25, 0.3) is 0 Å². The molecule has 0 bridgehead atoms. The molecule has 104 valence electrons. The van der Waals surface area contributed by atoms with Gasteiger partial charge in [0.2, 0.25) is 0 Å². The third-order valence-electron chi connectivity index (χ3n) is 5.36. The van der Waals surface area contributed by atoms with Crippen LogP contribution in [0.25, 0.3) is 0 Å². The van der Waals surface area contributed by atoms with Gasteiger partial charge in [-0.05, 0) is 49.9 Å². The van der Waals surface area contributed by atoms with Crippen LogP contribution in [0.1, 0.15) is 58.8 Å². The first-order valence-electron chi connectivity index (χ1n) is 8.05. The fraction of sp³-hybridized carbons (Fsp3) is 1.00. The minimum Gasteiger partial charge on any atom is -0.378 e. The summed E-state index contributed by atoms with van der Waals surface area (Å²) in [6.07, 6.45) is 10.6. The van der Waals surface area contributed by atoms with Crippen molar-refractivity contribution in [1.82, 2.24) is 0 Å². The normalized spacial score (nSPS) is 47.7. The van der Waals surface area contributed by atoms with E-state index in [2.05, 4.69) is 13.8 Å². The van der Waals surface area contributed by atoms with Crippen molar-refractivity contribution in [3.8, 4) is 0 Å². The first kappa shape index (κ1) is 12.9. The van der Waals surface area contributed by atoms with Gasteiger partial charge in [0.15, 0.2) is 0 Å². The fourth-order valence-electron chi connectivity index (χ4n) is 4.42. The molecule has 0 radical (unpaired) electrons. The molecule has 6 atom stereocenters. The lowest BCUT2D eigenvalue weighted by Crippen LogP contribution is -2.34. The van der Waals surface area contributed by atoms with Gasteiger partial charge in [0, 0.05) is 13.0 Å². The summed E-state index contributed by atoms with van der Waals surface area (Å²) in [6, 6.07) is 0. The Morgan fingerprint density at radius 3 is 2.50 bits per heavy atom. The van der Waals surface area contributed by atoms with Crippen LogP contribution in [0.2, 0.25) is 0 Å². The van der Waals surface area contributed by atoms with Gasteiger partial charge in [-0.15, -0.1) is 0 Å². The summed E-state index contributed by atoms with van der Waals surface area (Å²) in [5.74, 6) is 2.60. The second-order valence-electron chi connectivity index (χ2n) is 6.76. The van der Waals surface area contributed by atoms with E-state index in [1.54, 1.807) is 0 Å². The van der Waals surface area contributed by atoms with E-state index in [0.29, 0.717) is 18.3 Å². The molecule has 0 aromatic heterocycles. The highest BCUT2D eigenvalue weighted by molar-refractivity contribution is 4.97. The lowest BCUT2D eigenvalue weighted by molar-refractivity contribution is -0.0518. The van der Waals surface area contributed by atoms with Gasteiger partial charge < -0.3 is 9.47 Å². The van der Waals surface area contributed by atoms with E-state index in [4.69, 9.17) is 9.47 Å². The van der Waals surface area contributed by atoms with Gasteiger partial charge >= 0.3 is 0 Å². The minimum atomic E-state index is 0.476. The quantitative estimate of drug-likeness (QED) is 0.761. The highest BCUT2D eigenvalue weighted by atomic mass is 16.5. The Morgan fingerprint density at radius 2 is 1.72 bits per heavy atom. The van der Waals surface area contributed by atoms with Gasteiger partial charge in [-0.1, -0.05) is 20.3 Å². The van der Waals surface area contributed by atoms with Gasteiger partial charge in [-0.3, -0.25) is 0 Å². The van der Waals surface area contributed by atoms with Gasteiger partial charge in [-0.25, -0.2) is 0 Å². The zero-order valence-electron chi connectivity index (χ0n) is 11.9. The molecule has 2 aliphatic carbocycles. The van der Waals surface area contributed by atoms with Crippen molar-refractivity contribution in [2.45, 2.75) is 77.1 Å². The van der Waals surface area contributed by atoms with E-state index in [1.807, 2.05) is 0 Å². The predicted molar refractivity (Wildman–Crippen MR) is 72.5 cm³/mol. The van der Waals surface area contributed by atoms with Crippen molar-refractivity contribution >= 4 is 0 Å². The summed E-state index contributed by atoms with van der Waals surface area (Å²) in [4.78, 5) is 0. The fourth-order valence-corrected chi connectivity index (χ4v) is 4.42. The first-order valence-corrected chi connectivity index (χ1v) is 8.05. The van der Waals surface area contributed by atoms with E-state index < -0.39 is 0 Å². The molecule has 18 heavy (non-hydrogen) atoms. The highest BCUT2D eigenvalue weighted by Gasteiger charge is 2.48. The number of hydrogen-bond acceptors (Lipinski definition) is 2. The monoisotopic (exact) mass is 252 g/mol. The molecular weight excluding hydrogens is 224 g/mol. The average molecular weight is 252 g/mol. The van der Waals surface area contributed by atoms with Crippen LogP contribution in [-0.4, -0.2) is 24.9 Å². The van der Waals surface area contributed by atoms with Crippen molar-refractivity contribution in [3.05, 3.63) is 0 Å². The van der Waals surface area contributed by atoms with Crippen LogP contribution in [0.5, 0.6) is 0 Å². The smallest absolute Gasteiger partial charge is 0.0635 e. The van der Waals surface area contributed by atoms with Crippen molar-refractivity contribution in [2.24, 2.45) is 17.8 Å². The van der Waals surface area contributed by atoms with E-state index in [1.165, 1.54) is 32.1 Å². The lowest BCUT2D eigenvalue weighted by Gasteiger charge is -2.34. The predicted octanol–water partition coefficient (Wildman–Crippen LogP) is 3.79. The SMILES string of the molecule is CCCOC1CCC2C(C1)OC1CC(C)CCC12. The standard InChI is InChI=1S/C16H28O2/c1-3-8-17-12-5-7-14-13-6-4-11(2)9-15(13)18-16(14)10-12/h11-16H,3-10H2,1-2H3. The Hall–Kier alpha value is -0.0800. The van der Waals surface area contributed by atoms with Crippen LogP contribution >= 0.6 is 0 Å². The lowest BCUT2D eigenvalue weighted by atomic mass is 9.71. The van der Waals surface area contributed by atoms with Gasteiger partial charge in [0.05, 0.1) is 18.3 Å². The second-order valence-corrected chi connectivity index (χ2v) is 6.76. The molecule has 0 aromatic rings. The molecule has 1 saturated heterocycles. The van der Waals surface area contributed by atoms with E-state index in [-0.39, 0.29) is 0 Å². The summed E-state index contributed by atoms with van der Waals surface area (Å²) in [5.41, 5.74) is 0. The number of hydrogen-bond donors (Lipinski definition) is 0. The molecule has 3 fully saturated rings. The summed E-state index contributed by atoms with van der Waals surface area (Å²) in [5, 5.41) is 0. The maximum Gasteiger partial charge on any atom is 0.0635 e. The highest BCUT2D eigenvalue weighted by Crippen LogP contribution is 2.48. The van der Waals surface area contributed by atoms with Crippen molar-refractivity contribution in [1.29, 1.82) is 0 Å². The van der Waals surface area contributed by atoms with Crippen LogP contribution in [0.15, 0.2) is 0 Å². The Balaban J connectivity index is 1.58. The van der Waals surface area contributed by atoms with E-state index in [9.17, 15) is 0 Å². The largest absolute Gasteiger partial charge is 0.378 e. The Bertz CT molecular complexity index is 278. The third kappa shape index (κ3) is 2.46. The van der Waals surface area contributed by atoms with Gasteiger partial charge in [-0.2, -0.15) is 0 Å². The zero-order valence-corrected chi connectivity index (χ0v) is 11.9. The van der Waals surface area contributed by atoms with Crippen molar-refractivity contribution < 1.29 is 9.47 Å². The number of fused-ring (bicyclic) bond motifs is 3. The topological polar surface area (TPSA) is 18.5 Å². The number of ether oxygens (including phenoxy) is 2. The maximum atomic E-state index is 6.37. The summed E-state index contributed by atoms with van der Waals surface area (Å²) in [6.45, 7) is 5.49. The summed E-state index contributed by atoms with van der Waals surface area (Å²) < 4.78 is 12.3. The molecule has 3 rings (SSSR count). The molecule has 1 aliphatic heterocycles. The molecule has 0 spiro atoms. The van der Waals surface area contributed by atoms with Crippen LogP contribution in [0, 0.1) is 17.8 Å². The minimum absolute atomic E-state index is 0.476. The molecule has 6 unspecified atom stereocenters. The maximum absolute atomic E-state index is 6.37. The van der Waals surface area contributed by atoms with Crippen LogP contribution in [-0.2, 0) is 9.47 Å². The average Bonchev–Trinajstić information content (AvgIpc) is 2.72. The molecule has 2 saturated carbocycles. The van der Waals surface area contributed by atoms with Crippen molar-refractivity contribution in [2.75, 3.05) is 6.61 Å². The third-order valence-corrected chi connectivity index (χ3v) is 5.36. The Labute approximate surface area is 111 Å². The molecule has 0 amide bonds.